The number of aromatic nitrogens is 2. The van der Waals surface area contributed by atoms with Gasteiger partial charge in [-0.25, -0.2) is 4.39 Å². The number of hydrogen-bond donors (Lipinski definition) is 1. The fourth-order valence-corrected chi connectivity index (χ4v) is 3.16. The summed E-state index contributed by atoms with van der Waals surface area (Å²) >= 11 is 0. The number of benzene rings is 1. The molecule has 0 atom stereocenters. The van der Waals surface area contributed by atoms with Gasteiger partial charge in [0.1, 0.15) is 11.6 Å². The minimum absolute atomic E-state index is 0.147. The van der Waals surface area contributed by atoms with Crippen LogP contribution in [0.5, 0.6) is 0 Å². The smallest absolute Gasteiger partial charge is 0.148 e. The Labute approximate surface area is 160 Å². The predicted octanol–water partition coefficient (Wildman–Crippen LogP) is 4.63. The molecule has 0 unspecified atom stereocenters. The third kappa shape index (κ3) is 4.73. The molecule has 2 aromatic rings. The summed E-state index contributed by atoms with van der Waals surface area (Å²) in [6.07, 6.45) is 3.15. The van der Waals surface area contributed by atoms with E-state index in [-0.39, 0.29) is 11.2 Å². The topological polar surface area (TPSA) is 41.0 Å². The average molecular weight is 366 g/mol. The molecule has 0 amide bonds. The molecule has 142 valence electrons. The lowest BCUT2D eigenvalue weighted by molar-refractivity contribution is 0.381. The summed E-state index contributed by atoms with van der Waals surface area (Å²) in [5.41, 5.74) is 4.19. The van der Waals surface area contributed by atoms with Gasteiger partial charge < -0.3 is 10.2 Å². The Morgan fingerprint density at radius 1 is 1.19 bits per heavy atom. The van der Waals surface area contributed by atoms with Crippen LogP contribution < -0.4 is 5.32 Å². The van der Waals surface area contributed by atoms with Crippen LogP contribution in [0.25, 0.3) is 5.57 Å². The highest BCUT2D eigenvalue weighted by molar-refractivity contribution is 5.64. The highest BCUT2D eigenvalue weighted by atomic mass is 19.1. The minimum Gasteiger partial charge on any atom is -0.371 e. The Kier molecular flexibility index (Phi) is 5.59. The number of nitrogens with one attached hydrogen (secondary N) is 1. The van der Waals surface area contributed by atoms with Crippen LogP contribution in [0.15, 0.2) is 54.8 Å². The maximum Gasteiger partial charge on any atom is 0.148 e. The first kappa shape index (κ1) is 19.1. The SMILES string of the molecule is C=C(C)N1CC=C(c2ccc(NCC(C)(C)c3ccc(F)cc3)nn2)CC1. The molecule has 5 heteroatoms. The summed E-state index contributed by atoms with van der Waals surface area (Å²) in [5.74, 6) is 0.529. The summed E-state index contributed by atoms with van der Waals surface area (Å²) in [6, 6.07) is 10.6. The van der Waals surface area contributed by atoms with Crippen molar-refractivity contribution >= 4 is 11.4 Å². The van der Waals surface area contributed by atoms with Crippen LogP contribution in [-0.2, 0) is 5.41 Å². The lowest BCUT2D eigenvalue weighted by atomic mass is 9.84. The molecule has 27 heavy (non-hydrogen) atoms. The second-order valence-corrected chi connectivity index (χ2v) is 7.71. The molecule has 0 spiro atoms. The number of allylic oxidation sites excluding steroid dienone is 1. The average Bonchev–Trinajstić information content (AvgIpc) is 2.67. The molecular weight excluding hydrogens is 339 g/mol. The van der Waals surface area contributed by atoms with Crippen LogP contribution in [-0.4, -0.2) is 34.7 Å². The normalized spacial score (nSPS) is 14.7. The van der Waals surface area contributed by atoms with Crippen LogP contribution in [0.3, 0.4) is 0 Å². The van der Waals surface area contributed by atoms with Gasteiger partial charge in [-0.05, 0) is 48.7 Å². The van der Waals surface area contributed by atoms with E-state index in [0.29, 0.717) is 6.54 Å². The van der Waals surface area contributed by atoms with Crippen LogP contribution >= 0.6 is 0 Å². The molecule has 1 aliphatic rings. The molecule has 2 heterocycles. The Bertz CT molecular complexity index is 822. The van der Waals surface area contributed by atoms with Gasteiger partial charge in [-0.2, -0.15) is 0 Å². The van der Waals surface area contributed by atoms with Gasteiger partial charge in [0.25, 0.3) is 0 Å². The number of nitrogens with zero attached hydrogens (tertiary/aromatic N) is 3. The lowest BCUT2D eigenvalue weighted by Gasteiger charge is -2.28. The molecule has 1 aliphatic heterocycles. The number of hydrogen-bond acceptors (Lipinski definition) is 4. The quantitative estimate of drug-likeness (QED) is 0.809. The van der Waals surface area contributed by atoms with E-state index in [4.69, 9.17) is 0 Å². The molecule has 3 rings (SSSR count). The van der Waals surface area contributed by atoms with Crippen molar-refractivity contribution in [3.63, 3.8) is 0 Å². The van der Waals surface area contributed by atoms with Gasteiger partial charge in [0, 0.05) is 30.7 Å². The van der Waals surface area contributed by atoms with Crippen LogP contribution in [0, 0.1) is 5.82 Å². The van der Waals surface area contributed by atoms with Crippen molar-refractivity contribution in [3.8, 4) is 0 Å². The molecule has 4 nitrogen and oxygen atoms in total. The van der Waals surface area contributed by atoms with Gasteiger partial charge in [-0.1, -0.05) is 38.6 Å². The Balaban J connectivity index is 1.61. The van der Waals surface area contributed by atoms with Crippen molar-refractivity contribution in [1.29, 1.82) is 0 Å². The molecule has 0 saturated heterocycles. The van der Waals surface area contributed by atoms with Gasteiger partial charge >= 0.3 is 0 Å². The standard InChI is InChI=1S/C22H27FN4/c1-16(2)27-13-11-17(12-14-27)20-9-10-21(26-25-20)24-15-22(3,4)18-5-7-19(23)8-6-18/h5-11H,1,12-15H2,2-4H3,(H,24,26). The number of rotatable bonds is 6. The maximum atomic E-state index is 13.1. The van der Waals surface area contributed by atoms with Crippen molar-refractivity contribution in [2.45, 2.75) is 32.6 Å². The molecular formula is C22H27FN4. The summed E-state index contributed by atoms with van der Waals surface area (Å²) < 4.78 is 13.1. The van der Waals surface area contributed by atoms with Crippen molar-refractivity contribution < 1.29 is 4.39 Å². The number of halogens is 1. The molecule has 0 saturated carbocycles. The van der Waals surface area contributed by atoms with E-state index in [9.17, 15) is 4.39 Å². The summed E-state index contributed by atoms with van der Waals surface area (Å²) in [4.78, 5) is 2.25. The summed E-state index contributed by atoms with van der Waals surface area (Å²) in [6.45, 7) is 12.8. The Morgan fingerprint density at radius 3 is 2.48 bits per heavy atom. The van der Waals surface area contributed by atoms with E-state index in [1.807, 2.05) is 31.2 Å². The van der Waals surface area contributed by atoms with Gasteiger partial charge in [-0.3, -0.25) is 0 Å². The fourth-order valence-electron chi connectivity index (χ4n) is 3.16. The zero-order valence-electron chi connectivity index (χ0n) is 16.3. The molecule has 0 radical (unpaired) electrons. The second kappa shape index (κ2) is 7.91. The molecule has 0 aliphatic carbocycles. The largest absolute Gasteiger partial charge is 0.371 e. The zero-order chi connectivity index (χ0) is 19.4. The molecule has 0 bridgehead atoms. The Hall–Kier alpha value is -2.69. The van der Waals surface area contributed by atoms with Crippen molar-refractivity contribution in [2.24, 2.45) is 0 Å². The minimum atomic E-state index is -0.215. The first-order valence-corrected chi connectivity index (χ1v) is 9.29. The van der Waals surface area contributed by atoms with Crippen molar-refractivity contribution in [3.05, 3.63) is 71.8 Å². The maximum absolute atomic E-state index is 13.1. The van der Waals surface area contributed by atoms with Gasteiger partial charge in [0.05, 0.1) is 5.69 Å². The van der Waals surface area contributed by atoms with Crippen LogP contribution in [0.2, 0.25) is 0 Å². The monoisotopic (exact) mass is 366 g/mol. The predicted molar refractivity (Wildman–Crippen MR) is 109 cm³/mol. The third-order valence-corrected chi connectivity index (χ3v) is 5.08. The van der Waals surface area contributed by atoms with E-state index in [2.05, 4.69) is 46.9 Å². The van der Waals surface area contributed by atoms with E-state index in [0.717, 1.165) is 42.3 Å². The summed E-state index contributed by atoms with van der Waals surface area (Å²) in [7, 11) is 0. The van der Waals surface area contributed by atoms with Crippen LogP contribution in [0.4, 0.5) is 10.2 Å². The molecule has 1 aromatic carbocycles. The van der Waals surface area contributed by atoms with Gasteiger partial charge in [-0.15, -0.1) is 10.2 Å². The molecule has 1 N–H and O–H groups in total. The lowest BCUT2D eigenvalue weighted by Crippen LogP contribution is -2.28. The van der Waals surface area contributed by atoms with E-state index in [1.54, 1.807) is 0 Å². The van der Waals surface area contributed by atoms with Crippen molar-refractivity contribution in [2.75, 3.05) is 25.0 Å². The van der Waals surface area contributed by atoms with Crippen LogP contribution in [0.1, 0.15) is 38.4 Å². The van der Waals surface area contributed by atoms with Gasteiger partial charge in [0.2, 0.25) is 0 Å². The molecule has 1 aromatic heterocycles. The third-order valence-electron chi connectivity index (χ3n) is 5.08. The zero-order valence-corrected chi connectivity index (χ0v) is 16.3. The highest BCUT2D eigenvalue weighted by Crippen LogP contribution is 2.25. The van der Waals surface area contributed by atoms with E-state index >= 15 is 0 Å². The summed E-state index contributed by atoms with van der Waals surface area (Å²) in [5, 5.41) is 12.1. The fraction of sp³-hybridized carbons (Fsp3) is 0.364. The first-order valence-electron chi connectivity index (χ1n) is 9.29. The van der Waals surface area contributed by atoms with E-state index in [1.165, 1.54) is 17.7 Å². The van der Waals surface area contributed by atoms with Crippen molar-refractivity contribution in [1.82, 2.24) is 15.1 Å². The number of anilines is 1. The second-order valence-electron chi connectivity index (χ2n) is 7.71. The Morgan fingerprint density at radius 2 is 1.93 bits per heavy atom. The first-order chi connectivity index (χ1) is 12.8. The van der Waals surface area contributed by atoms with Gasteiger partial charge in [0.15, 0.2) is 0 Å². The van der Waals surface area contributed by atoms with E-state index < -0.39 is 0 Å². The molecule has 0 fully saturated rings. The highest BCUT2D eigenvalue weighted by Gasteiger charge is 2.21.